The average molecular weight is 289 g/mol. The maximum atomic E-state index is 12.6. The van der Waals surface area contributed by atoms with Gasteiger partial charge in [-0.25, -0.2) is 4.79 Å². The molecule has 0 saturated carbocycles. The van der Waals surface area contributed by atoms with Gasteiger partial charge in [-0.1, -0.05) is 12.1 Å². The largest absolute Gasteiger partial charge is 0.497 e. The lowest BCUT2D eigenvalue weighted by atomic mass is 9.90. The van der Waals surface area contributed by atoms with E-state index in [2.05, 4.69) is 10.6 Å². The third-order valence-electron chi connectivity index (χ3n) is 4.13. The number of piperidine rings is 1. The molecule has 0 aromatic heterocycles. The van der Waals surface area contributed by atoms with Gasteiger partial charge in [0.05, 0.1) is 13.7 Å². The summed E-state index contributed by atoms with van der Waals surface area (Å²) in [6, 6.07) is 7.07. The molecule has 6 nitrogen and oxygen atoms in total. The second kappa shape index (κ2) is 5.37. The van der Waals surface area contributed by atoms with Crippen LogP contribution in [0.2, 0.25) is 0 Å². The van der Waals surface area contributed by atoms with Gasteiger partial charge in [-0.15, -0.1) is 0 Å². The number of methoxy groups -OCH3 is 1. The lowest BCUT2D eigenvalue weighted by molar-refractivity contribution is -0.132. The molecule has 3 amide bonds. The number of hydrogen-bond donors (Lipinski definition) is 2. The molecule has 2 saturated heterocycles. The Morgan fingerprint density at radius 3 is 2.67 bits per heavy atom. The molecule has 1 spiro atoms. The summed E-state index contributed by atoms with van der Waals surface area (Å²) < 4.78 is 5.10. The van der Waals surface area contributed by atoms with Crippen molar-refractivity contribution in [3.8, 4) is 5.75 Å². The summed E-state index contributed by atoms with van der Waals surface area (Å²) in [6.45, 7) is 1.69. The summed E-state index contributed by atoms with van der Waals surface area (Å²) in [6.07, 6.45) is 1.59. The molecule has 0 radical (unpaired) electrons. The number of amides is 3. The van der Waals surface area contributed by atoms with Crippen LogP contribution in [0.4, 0.5) is 4.79 Å². The van der Waals surface area contributed by atoms with Crippen LogP contribution in [0, 0.1) is 0 Å². The van der Waals surface area contributed by atoms with E-state index in [0.29, 0.717) is 13.0 Å². The Kier molecular flexibility index (Phi) is 3.55. The summed E-state index contributed by atoms with van der Waals surface area (Å²) in [5.41, 5.74) is 0.155. The Morgan fingerprint density at radius 2 is 2.05 bits per heavy atom. The van der Waals surface area contributed by atoms with Crippen molar-refractivity contribution in [1.29, 1.82) is 0 Å². The third kappa shape index (κ3) is 2.47. The Labute approximate surface area is 123 Å². The molecular formula is C15H19N3O3. The highest BCUT2D eigenvalue weighted by molar-refractivity contribution is 6.07. The monoisotopic (exact) mass is 289 g/mol. The minimum atomic E-state index is -0.748. The second-order valence-corrected chi connectivity index (χ2v) is 5.53. The van der Waals surface area contributed by atoms with Crippen LogP contribution < -0.4 is 15.4 Å². The molecule has 1 aromatic rings. The SMILES string of the molecule is COc1ccc(CN2C(=O)NC3(CCCNC3)C2=O)cc1. The van der Waals surface area contributed by atoms with Crippen LogP contribution in [0.15, 0.2) is 24.3 Å². The van der Waals surface area contributed by atoms with Crippen LogP contribution in [0.5, 0.6) is 5.75 Å². The standard InChI is InChI=1S/C15H19N3O3/c1-21-12-5-3-11(4-6-12)9-18-13(19)15(17-14(18)20)7-2-8-16-10-15/h3-6,16H,2,7-10H2,1H3,(H,17,20). The molecule has 112 valence electrons. The van der Waals surface area contributed by atoms with Crippen molar-refractivity contribution in [2.75, 3.05) is 20.2 Å². The smallest absolute Gasteiger partial charge is 0.325 e. The van der Waals surface area contributed by atoms with Crippen LogP contribution in [0.1, 0.15) is 18.4 Å². The van der Waals surface area contributed by atoms with Crippen molar-refractivity contribution in [2.24, 2.45) is 0 Å². The number of carbonyl (C=O) groups excluding carboxylic acids is 2. The van der Waals surface area contributed by atoms with Gasteiger partial charge in [-0.2, -0.15) is 0 Å². The van der Waals surface area contributed by atoms with Crippen molar-refractivity contribution in [3.05, 3.63) is 29.8 Å². The summed E-state index contributed by atoms with van der Waals surface area (Å²) in [4.78, 5) is 26.0. The number of benzene rings is 1. The molecule has 2 heterocycles. The molecule has 0 bridgehead atoms. The maximum absolute atomic E-state index is 12.6. The van der Waals surface area contributed by atoms with Gasteiger partial charge in [0.15, 0.2) is 0 Å². The number of rotatable bonds is 3. The van der Waals surface area contributed by atoms with E-state index >= 15 is 0 Å². The van der Waals surface area contributed by atoms with Gasteiger partial charge in [0, 0.05) is 6.54 Å². The third-order valence-corrected chi connectivity index (χ3v) is 4.13. The number of imide groups is 1. The van der Waals surface area contributed by atoms with E-state index in [1.807, 2.05) is 24.3 Å². The number of ether oxygens (including phenoxy) is 1. The van der Waals surface area contributed by atoms with Crippen LogP contribution in [-0.2, 0) is 11.3 Å². The lowest BCUT2D eigenvalue weighted by Crippen LogP contribution is -2.57. The molecule has 3 rings (SSSR count). The van der Waals surface area contributed by atoms with Crippen molar-refractivity contribution in [2.45, 2.75) is 24.9 Å². The van der Waals surface area contributed by atoms with E-state index in [9.17, 15) is 9.59 Å². The van der Waals surface area contributed by atoms with Crippen LogP contribution in [0.3, 0.4) is 0 Å². The summed E-state index contributed by atoms with van der Waals surface area (Å²) in [7, 11) is 1.60. The molecule has 1 unspecified atom stereocenters. The van der Waals surface area contributed by atoms with Gasteiger partial charge in [0.2, 0.25) is 0 Å². The van der Waals surface area contributed by atoms with E-state index in [0.717, 1.165) is 24.3 Å². The van der Waals surface area contributed by atoms with Crippen LogP contribution in [0.25, 0.3) is 0 Å². The van der Waals surface area contributed by atoms with Gasteiger partial charge in [-0.05, 0) is 37.1 Å². The zero-order valence-electron chi connectivity index (χ0n) is 12.0. The molecule has 6 heteroatoms. The minimum absolute atomic E-state index is 0.129. The zero-order valence-corrected chi connectivity index (χ0v) is 12.0. The van der Waals surface area contributed by atoms with Crippen molar-refractivity contribution in [1.82, 2.24) is 15.5 Å². The molecule has 1 aromatic carbocycles. The normalized spacial score (nSPS) is 25.3. The maximum Gasteiger partial charge on any atom is 0.325 e. The Bertz CT molecular complexity index is 550. The first-order valence-electron chi connectivity index (χ1n) is 7.12. The van der Waals surface area contributed by atoms with Crippen LogP contribution >= 0.6 is 0 Å². The van der Waals surface area contributed by atoms with Crippen molar-refractivity contribution >= 4 is 11.9 Å². The number of urea groups is 1. The van der Waals surface area contributed by atoms with Gasteiger partial charge in [0.25, 0.3) is 5.91 Å². The predicted molar refractivity (Wildman–Crippen MR) is 76.9 cm³/mol. The van der Waals surface area contributed by atoms with E-state index in [1.54, 1.807) is 7.11 Å². The number of nitrogens with zero attached hydrogens (tertiary/aromatic N) is 1. The van der Waals surface area contributed by atoms with E-state index in [-0.39, 0.29) is 18.5 Å². The average Bonchev–Trinajstić information content (AvgIpc) is 2.73. The first-order valence-corrected chi connectivity index (χ1v) is 7.12. The number of nitrogens with one attached hydrogen (secondary N) is 2. The van der Waals surface area contributed by atoms with Gasteiger partial charge >= 0.3 is 6.03 Å². The van der Waals surface area contributed by atoms with E-state index in [1.165, 1.54) is 4.90 Å². The highest BCUT2D eigenvalue weighted by Gasteiger charge is 2.51. The van der Waals surface area contributed by atoms with Crippen molar-refractivity contribution < 1.29 is 14.3 Å². The molecule has 2 aliphatic rings. The topological polar surface area (TPSA) is 70.7 Å². The summed E-state index contributed by atoms with van der Waals surface area (Å²) in [5, 5.41) is 6.05. The highest BCUT2D eigenvalue weighted by Crippen LogP contribution is 2.26. The number of hydrogen-bond acceptors (Lipinski definition) is 4. The summed E-state index contributed by atoms with van der Waals surface area (Å²) in [5.74, 6) is 0.624. The van der Waals surface area contributed by atoms with E-state index < -0.39 is 5.54 Å². The number of carbonyl (C=O) groups is 2. The zero-order chi connectivity index (χ0) is 14.9. The molecule has 2 fully saturated rings. The molecule has 1 atom stereocenters. The highest BCUT2D eigenvalue weighted by atomic mass is 16.5. The quantitative estimate of drug-likeness (QED) is 0.810. The Balaban J connectivity index is 1.75. The lowest BCUT2D eigenvalue weighted by Gasteiger charge is -2.31. The molecule has 21 heavy (non-hydrogen) atoms. The Morgan fingerprint density at radius 1 is 1.29 bits per heavy atom. The predicted octanol–water partition coefficient (Wildman–Crippen LogP) is 0.869. The molecular weight excluding hydrogens is 270 g/mol. The van der Waals surface area contributed by atoms with Crippen LogP contribution in [-0.4, -0.2) is 42.6 Å². The first-order chi connectivity index (χ1) is 10.1. The first kappa shape index (κ1) is 13.9. The second-order valence-electron chi connectivity index (χ2n) is 5.53. The van der Waals surface area contributed by atoms with Crippen molar-refractivity contribution in [3.63, 3.8) is 0 Å². The van der Waals surface area contributed by atoms with Gasteiger partial charge in [-0.3, -0.25) is 9.69 Å². The fourth-order valence-corrected chi connectivity index (χ4v) is 2.93. The molecule has 2 N–H and O–H groups in total. The van der Waals surface area contributed by atoms with E-state index in [4.69, 9.17) is 4.74 Å². The van der Waals surface area contributed by atoms with Gasteiger partial charge < -0.3 is 15.4 Å². The van der Waals surface area contributed by atoms with Gasteiger partial charge in [0.1, 0.15) is 11.3 Å². The Hall–Kier alpha value is -2.08. The fourth-order valence-electron chi connectivity index (χ4n) is 2.93. The fraction of sp³-hybridized carbons (Fsp3) is 0.467. The summed E-state index contributed by atoms with van der Waals surface area (Å²) >= 11 is 0. The minimum Gasteiger partial charge on any atom is -0.497 e. The molecule has 2 aliphatic heterocycles. The molecule has 0 aliphatic carbocycles.